The first-order chi connectivity index (χ1) is 35.7. The molecule has 2 heterocycles. The first-order valence-corrected chi connectivity index (χ1v) is 25.4. The molecule has 15 rings (SSSR count). The summed E-state index contributed by atoms with van der Waals surface area (Å²) in [7, 11) is 0. The van der Waals surface area contributed by atoms with E-state index in [0.717, 1.165) is 51.0 Å². The van der Waals surface area contributed by atoms with Crippen molar-refractivity contribution in [2.75, 3.05) is 0 Å². The third-order valence-corrected chi connectivity index (χ3v) is 16.2. The molecule has 2 aliphatic carbocycles. The Labute approximate surface area is 421 Å². The molecule has 0 saturated carbocycles. The fraction of sp³-hybridized carbons (Fsp3) is 0.0147. The smallest absolute Gasteiger partial charge is 0.182 e. The fourth-order valence-electron chi connectivity index (χ4n) is 11.7. The standard InChI is InChI=1S/C68H41N3S/c1-2-20-48-45(15-1)40-47-39-44(33-34-49(47)51-22-4-6-24-53(51)52-23-5-3-21-50(48)52)42-17-11-16-41(37-42)43-18-12-19-46(38-43)68-69-65(60-36-35-59-55-26-8-7-25-54(55)57-28-13-29-58(60)64(57)59)66(70-71-68)62-31-14-30-61-56-27-9-10-32-63(56)72-67(61)62/h1-39H,40H2. The summed E-state index contributed by atoms with van der Waals surface area (Å²) in [5, 5.41) is 15.0. The Bertz CT molecular complexity index is 4360. The van der Waals surface area contributed by atoms with Crippen LogP contribution in [0.1, 0.15) is 11.1 Å². The third-order valence-electron chi connectivity index (χ3n) is 15.0. The first-order valence-electron chi connectivity index (χ1n) is 24.6. The van der Waals surface area contributed by atoms with E-state index in [2.05, 4.69) is 237 Å². The molecule has 13 aromatic rings. The SMILES string of the molecule is c1cc(-c2cccc(-c3nnc(-c4cccc5c4sc4ccccc45)c(-c4ccc5c6c(cccc46)-c4ccccc4-5)n3)c2)cc(-c2ccc3c(c2)Cc2ccccc2-c2ccccc2-c2ccccc2-3)c1. The Hall–Kier alpha value is -9.09. The Morgan fingerprint density at radius 2 is 0.764 bits per heavy atom. The molecule has 0 bridgehead atoms. The van der Waals surface area contributed by atoms with Crippen LogP contribution in [0, 0.1) is 0 Å². The summed E-state index contributed by atoms with van der Waals surface area (Å²) in [6.45, 7) is 0. The van der Waals surface area contributed by atoms with Crippen LogP contribution in [-0.4, -0.2) is 15.2 Å². The minimum atomic E-state index is 0.585. The van der Waals surface area contributed by atoms with Gasteiger partial charge in [0.15, 0.2) is 5.82 Å². The zero-order valence-electron chi connectivity index (χ0n) is 39.0. The van der Waals surface area contributed by atoms with Gasteiger partial charge in [-0.1, -0.05) is 218 Å². The number of hydrogen-bond acceptors (Lipinski definition) is 4. The quantitative estimate of drug-likeness (QED) is 0.173. The minimum Gasteiger partial charge on any atom is -0.224 e. The van der Waals surface area contributed by atoms with E-state index in [-0.39, 0.29) is 0 Å². The van der Waals surface area contributed by atoms with Gasteiger partial charge in [0.25, 0.3) is 0 Å². The molecule has 4 heteroatoms. The summed E-state index contributed by atoms with van der Waals surface area (Å²) in [6, 6.07) is 86.3. The predicted octanol–water partition coefficient (Wildman–Crippen LogP) is 18.3. The third kappa shape index (κ3) is 6.39. The van der Waals surface area contributed by atoms with E-state index in [1.165, 1.54) is 103 Å². The monoisotopic (exact) mass is 931 g/mol. The van der Waals surface area contributed by atoms with E-state index >= 15 is 0 Å². The molecule has 0 aliphatic heterocycles. The van der Waals surface area contributed by atoms with Crippen molar-refractivity contribution in [2.24, 2.45) is 0 Å². The van der Waals surface area contributed by atoms with E-state index in [1.807, 2.05) is 0 Å². The maximum absolute atomic E-state index is 5.57. The molecule has 0 radical (unpaired) electrons. The molecular weight excluding hydrogens is 891 g/mol. The maximum atomic E-state index is 5.57. The van der Waals surface area contributed by atoms with E-state index in [9.17, 15) is 0 Å². The van der Waals surface area contributed by atoms with Crippen LogP contribution in [0.5, 0.6) is 0 Å². The number of nitrogens with zero attached hydrogens (tertiary/aromatic N) is 3. The normalized spacial score (nSPS) is 12.1. The van der Waals surface area contributed by atoms with Gasteiger partial charge >= 0.3 is 0 Å². The fourth-order valence-corrected chi connectivity index (χ4v) is 12.9. The van der Waals surface area contributed by atoms with Crippen LogP contribution in [0.15, 0.2) is 237 Å². The van der Waals surface area contributed by atoms with Crippen LogP contribution in [0.4, 0.5) is 0 Å². The van der Waals surface area contributed by atoms with Crippen LogP contribution in [0.25, 0.3) is 143 Å². The lowest BCUT2D eigenvalue weighted by atomic mass is 9.88. The Morgan fingerprint density at radius 1 is 0.292 bits per heavy atom. The Balaban J connectivity index is 0.850. The summed E-state index contributed by atoms with van der Waals surface area (Å²) in [5.74, 6) is 0.585. The van der Waals surface area contributed by atoms with Crippen molar-refractivity contribution < 1.29 is 0 Å². The minimum absolute atomic E-state index is 0.585. The van der Waals surface area contributed by atoms with Crippen molar-refractivity contribution in [3.05, 3.63) is 248 Å². The van der Waals surface area contributed by atoms with E-state index in [4.69, 9.17) is 15.2 Å². The Morgan fingerprint density at radius 3 is 1.49 bits per heavy atom. The molecule has 0 saturated heterocycles. The summed E-state index contributed by atoms with van der Waals surface area (Å²) >= 11 is 1.80. The molecule has 0 unspecified atom stereocenters. The Kier molecular flexibility index (Phi) is 9.20. The van der Waals surface area contributed by atoms with Gasteiger partial charge in [0.05, 0.1) is 0 Å². The average molecular weight is 932 g/mol. The second-order valence-corrected chi connectivity index (χ2v) is 20.1. The topological polar surface area (TPSA) is 38.7 Å². The molecule has 11 aromatic carbocycles. The zero-order valence-corrected chi connectivity index (χ0v) is 39.8. The predicted molar refractivity (Wildman–Crippen MR) is 301 cm³/mol. The van der Waals surface area contributed by atoms with Crippen molar-refractivity contribution in [2.45, 2.75) is 6.42 Å². The summed E-state index contributed by atoms with van der Waals surface area (Å²) in [4.78, 5) is 5.57. The van der Waals surface area contributed by atoms with Gasteiger partial charge in [0.1, 0.15) is 11.4 Å². The highest BCUT2D eigenvalue weighted by atomic mass is 32.1. The van der Waals surface area contributed by atoms with E-state index < -0.39 is 0 Å². The highest BCUT2D eigenvalue weighted by Gasteiger charge is 2.26. The van der Waals surface area contributed by atoms with Gasteiger partial charge in [0.2, 0.25) is 0 Å². The summed E-state index contributed by atoms with van der Waals surface area (Å²) < 4.78 is 2.43. The van der Waals surface area contributed by atoms with Crippen LogP contribution in [0.2, 0.25) is 0 Å². The van der Waals surface area contributed by atoms with Gasteiger partial charge in [-0.3, -0.25) is 0 Å². The van der Waals surface area contributed by atoms with Crippen molar-refractivity contribution in [3.8, 4) is 112 Å². The second-order valence-electron chi connectivity index (χ2n) is 19.0. The van der Waals surface area contributed by atoms with Gasteiger partial charge in [-0.05, 0) is 124 Å². The second kappa shape index (κ2) is 16.2. The number of aromatic nitrogens is 3. The molecule has 0 spiro atoms. The molecule has 0 amide bonds. The van der Waals surface area contributed by atoms with Gasteiger partial charge in [0, 0.05) is 36.9 Å². The molecule has 334 valence electrons. The lowest BCUT2D eigenvalue weighted by Crippen LogP contribution is -2.01. The van der Waals surface area contributed by atoms with Crippen LogP contribution in [0.3, 0.4) is 0 Å². The molecule has 2 aromatic heterocycles. The van der Waals surface area contributed by atoms with Gasteiger partial charge in [-0.2, -0.15) is 0 Å². The molecule has 0 atom stereocenters. The van der Waals surface area contributed by atoms with Crippen LogP contribution in [-0.2, 0) is 6.42 Å². The van der Waals surface area contributed by atoms with Crippen LogP contribution >= 0.6 is 11.3 Å². The molecule has 0 N–H and O–H groups in total. The van der Waals surface area contributed by atoms with E-state index in [0.29, 0.717) is 5.82 Å². The zero-order chi connectivity index (χ0) is 47.3. The van der Waals surface area contributed by atoms with Crippen molar-refractivity contribution in [1.29, 1.82) is 0 Å². The maximum Gasteiger partial charge on any atom is 0.182 e. The highest BCUT2D eigenvalue weighted by Crippen LogP contribution is 2.51. The number of rotatable bonds is 5. The van der Waals surface area contributed by atoms with Crippen molar-refractivity contribution >= 4 is 42.3 Å². The summed E-state index contributed by atoms with van der Waals surface area (Å²) in [5.41, 5.74) is 24.4. The van der Waals surface area contributed by atoms with Crippen LogP contribution < -0.4 is 0 Å². The number of thiophene rings is 1. The van der Waals surface area contributed by atoms with Gasteiger partial charge in [-0.25, -0.2) is 4.98 Å². The number of benzene rings is 11. The van der Waals surface area contributed by atoms with Crippen molar-refractivity contribution in [3.63, 3.8) is 0 Å². The lowest BCUT2D eigenvalue weighted by Gasteiger charge is -2.16. The van der Waals surface area contributed by atoms with E-state index in [1.54, 1.807) is 11.3 Å². The average Bonchev–Trinajstić information content (AvgIpc) is 4.01. The molecule has 3 nitrogen and oxygen atoms in total. The van der Waals surface area contributed by atoms with Gasteiger partial charge in [-0.15, -0.1) is 21.5 Å². The highest BCUT2D eigenvalue weighted by molar-refractivity contribution is 7.26. The largest absolute Gasteiger partial charge is 0.224 e. The first kappa shape index (κ1) is 40.8. The molecule has 72 heavy (non-hydrogen) atoms. The molecule has 2 aliphatic rings. The number of fused-ring (bicyclic) bond motifs is 13. The molecule has 0 fully saturated rings. The van der Waals surface area contributed by atoms with Gasteiger partial charge < -0.3 is 0 Å². The molecular formula is C68H41N3S. The summed E-state index contributed by atoms with van der Waals surface area (Å²) in [6.07, 6.45) is 0.826. The number of hydrogen-bond donors (Lipinski definition) is 0. The lowest BCUT2D eigenvalue weighted by molar-refractivity contribution is 0.994. The van der Waals surface area contributed by atoms with Crippen molar-refractivity contribution in [1.82, 2.24) is 15.2 Å².